The summed E-state index contributed by atoms with van der Waals surface area (Å²) in [5, 5.41) is 13.8. The number of nitrogens with zero attached hydrogens (tertiary/aromatic N) is 2. The van der Waals surface area contributed by atoms with Gasteiger partial charge in [-0.2, -0.15) is 0 Å². The van der Waals surface area contributed by atoms with Crippen molar-refractivity contribution in [2.75, 3.05) is 0 Å². The van der Waals surface area contributed by atoms with Gasteiger partial charge in [0.15, 0.2) is 0 Å². The molecule has 0 spiro atoms. The fourth-order valence-corrected chi connectivity index (χ4v) is 2.57. The second kappa shape index (κ2) is 3.23. The van der Waals surface area contributed by atoms with Gasteiger partial charge in [-0.3, -0.25) is 5.41 Å². The maximum Gasteiger partial charge on any atom is 0.243 e. The molecule has 0 saturated heterocycles. The van der Waals surface area contributed by atoms with Crippen LogP contribution in [0.1, 0.15) is 0 Å². The maximum atomic E-state index is 7.65. The van der Waals surface area contributed by atoms with Gasteiger partial charge in [0.2, 0.25) is 5.96 Å². The highest BCUT2D eigenvalue weighted by atomic mass is 15.1. The van der Waals surface area contributed by atoms with Crippen molar-refractivity contribution in [1.82, 2.24) is 0 Å². The van der Waals surface area contributed by atoms with Gasteiger partial charge in [0.05, 0.1) is 0 Å². The largest absolute Gasteiger partial charge is 0.265 e. The molecule has 0 unspecified atom stereocenters. The van der Waals surface area contributed by atoms with Crippen molar-refractivity contribution in [2.45, 2.75) is 0 Å². The van der Waals surface area contributed by atoms with Crippen molar-refractivity contribution in [3.05, 3.63) is 59.2 Å². The molecule has 0 aliphatic carbocycles. The summed E-state index contributed by atoms with van der Waals surface area (Å²) in [6.07, 6.45) is 0. The van der Waals surface area contributed by atoms with Crippen LogP contribution in [-0.2, 0) is 0 Å². The highest BCUT2D eigenvalue weighted by molar-refractivity contribution is 6.08. The summed E-state index contributed by atoms with van der Waals surface area (Å²) in [7, 11) is 0. The standard InChI is InChI=1S/C15H9N3/c16-15-17-13-11-7-3-1-5-9(11)10-6-2-4-8-12(10)14(13)18-15/h1-8,16H. The van der Waals surface area contributed by atoms with E-state index in [-0.39, 0.29) is 5.96 Å². The highest BCUT2D eigenvalue weighted by Gasteiger charge is 2.11. The van der Waals surface area contributed by atoms with Gasteiger partial charge in [-0.15, -0.1) is 0 Å². The van der Waals surface area contributed by atoms with Crippen LogP contribution in [0.5, 0.6) is 0 Å². The van der Waals surface area contributed by atoms with Crippen LogP contribution in [0.15, 0.2) is 58.5 Å². The SMILES string of the molecule is N=C1N=c2c(c3ccccc3c3ccccc23)=N1. The van der Waals surface area contributed by atoms with Crippen molar-refractivity contribution >= 4 is 27.5 Å². The normalized spacial score (nSPS) is 13.4. The van der Waals surface area contributed by atoms with Crippen LogP contribution in [0, 0.1) is 5.41 Å². The number of rotatable bonds is 0. The first-order valence-corrected chi connectivity index (χ1v) is 5.80. The van der Waals surface area contributed by atoms with E-state index in [0.29, 0.717) is 0 Å². The van der Waals surface area contributed by atoms with E-state index in [1.165, 1.54) is 10.8 Å². The summed E-state index contributed by atoms with van der Waals surface area (Å²) in [4.78, 5) is 8.49. The summed E-state index contributed by atoms with van der Waals surface area (Å²) < 4.78 is 0. The van der Waals surface area contributed by atoms with E-state index in [4.69, 9.17) is 5.41 Å². The Morgan fingerprint density at radius 1 is 0.611 bits per heavy atom. The molecule has 1 aliphatic heterocycles. The predicted octanol–water partition coefficient (Wildman–Crippen LogP) is 2.18. The zero-order valence-corrected chi connectivity index (χ0v) is 9.51. The lowest BCUT2D eigenvalue weighted by Crippen LogP contribution is -2.23. The zero-order valence-electron chi connectivity index (χ0n) is 9.51. The quantitative estimate of drug-likeness (QED) is 0.576. The minimum absolute atomic E-state index is 0.0894. The fraction of sp³-hybridized carbons (Fsp3) is 0. The van der Waals surface area contributed by atoms with Crippen LogP contribution >= 0.6 is 0 Å². The van der Waals surface area contributed by atoms with E-state index in [2.05, 4.69) is 22.1 Å². The zero-order chi connectivity index (χ0) is 12.1. The van der Waals surface area contributed by atoms with Gasteiger partial charge in [-0.25, -0.2) is 9.98 Å². The molecule has 0 aromatic heterocycles. The van der Waals surface area contributed by atoms with Crippen LogP contribution in [0.25, 0.3) is 21.5 Å². The summed E-state index contributed by atoms with van der Waals surface area (Å²) in [6, 6.07) is 16.3. The van der Waals surface area contributed by atoms with E-state index in [1.54, 1.807) is 0 Å². The van der Waals surface area contributed by atoms with Gasteiger partial charge in [-0.1, -0.05) is 48.5 Å². The molecule has 84 valence electrons. The van der Waals surface area contributed by atoms with E-state index >= 15 is 0 Å². The number of hydrogen-bond acceptors (Lipinski definition) is 1. The number of guanidine groups is 1. The Morgan fingerprint density at radius 3 is 1.44 bits per heavy atom. The molecule has 1 heterocycles. The second-order valence-electron chi connectivity index (χ2n) is 4.34. The molecule has 0 atom stereocenters. The van der Waals surface area contributed by atoms with E-state index in [9.17, 15) is 0 Å². The van der Waals surface area contributed by atoms with Crippen molar-refractivity contribution < 1.29 is 0 Å². The number of nitrogens with one attached hydrogen (secondary N) is 1. The van der Waals surface area contributed by atoms with Crippen LogP contribution in [-0.4, -0.2) is 5.96 Å². The third-order valence-corrected chi connectivity index (χ3v) is 3.31. The Bertz CT molecular complexity index is 862. The topological polar surface area (TPSA) is 48.6 Å². The molecular weight excluding hydrogens is 222 g/mol. The predicted molar refractivity (Wildman–Crippen MR) is 71.5 cm³/mol. The third kappa shape index (κ3) is 1.10. The van der Waals surface area contributed by atoms with Crippen molar-refractivity contribution in [3.63, 3.8) is 0 Å². The lowest BCUT2D eigenvalue weighted by molar-refractivity contribution is 1.37. The molecule has 0 saturated carbocycles. The monoisotopic (exact) mass is 231 g/mol. The van der Waals surface area contributed by atoms with Gasteiger partial charge < -0.3 is 0 Å². The van der Waals surface area contributed by atoms with Crippen LogP contribution in [0.3, 0.4) is 0 Å². The van der Waals surface area contributed by atoms with Gasteiger partial charge in [0.25, 0.3) is 0 Å². The Morgan fingerprint density at radius 2 is 1.00 bits per heavy atom. The summed E-state index contributed by atoms with van der Waals surface area (Å²) in [6.45, 7) is 0. The Hall–Kier alpha value is -2.55. The highest BCUT2D eigenvalue weighted by Crippen LogP contribution is 2.20. The van der Waals surface area contributed by atoms with Gasteiger partial charge in [0, 0.05) is 10.8 Å². The number of hydrogen-bond donors (Lipinski definition) is 1. The molecule has 18 heavy (non-hydrogen) atoms. The molecule has 1 N–H and O–H groups in total. The molecular formula is C15H9N3. The van der Waals surface area contributed by atoms with Gasteiger partial charge >= 0.3 is 0 Å². The number of fused-ring (bicyclic) bond motifs is 6. The average molecular weight is 231 g/mol. The Balaban J connectivity index is 2.49. The maximum absolute atomic E-state index is 7.65. The Labute approximate surface area is 103 Å². The van der Waals surface area contributed by atoms with E-state index < -0.39 is 0 Å². The molecule has 0 bridgehead atoms. The van der Waals surface area contributed by atoms with E-state index in [1.807, 2.05) is 36.4 Å². The van der Waals surface area contributed by atoms with Crippen molar-refractivity contribution in [2.24, 2.45) is 9.98 Å². The summed E-state index contributed by atoms with van der Waals surface area (Å²) >= 11 is 0. The first-order valence-electron chi connectivity index (χ1n) is 5.80. The number of benzene rings is 3. The lowest BCUT2D eigenvalue weighted by atomic mass is 10.0. The molecule has 3 heteroatoms. The first kappa shape index (κ1) is 9.48. The fourth-order valence-electron chi connectivity index (χ4n) is 2.57. The van der Waals surface area contributed by atoms with Crippen molar-refractivity contribution in [1.29, 1.82) is 5.41 Å². The minimum atomic E-state index is 0.0894. The van der Waals surface area contributed by atoms with Gasteiger partial charge in [0.1, 0.15) is 10.7 Å². The molecule has 1 aliphatic rings. The summed E-state index contributed by atoms with van der Waals surface area (Å²) in [5.41, 5.74) is 0. The molecule has 3 aromatic carbocycles. The smallest absolute Gasteiger partial charge is 0.243 e. The van der Waals surface area contributed by atoms with Crippen LogP contribution in [0.4, 0.5) is 0 Å². The minimum Gasteiger partial charge on any atom is -0.265 e. The second-order valence-corrected chi connectivity index (χ2v) is 4.34. The third-order valence-electron chi connectivity index (χ3n) is 3.31. The molecule has 3 aromatic rings. The first-order chi connectivity index (χ1) is 8.84. The van der Waals surface area contributed by atoms with Crippen LogP contribution in [0.2, 0.25) is 0 Å². The molecule has 4 rings (SSSR count). The van der Waals surface area contributed by atoms with Gasteiger partial charge in [-0.05, 0) is 10.8 Å². The van der Waals surface area contributed by atoms with Crippen molar-refractivity contribution in [3.8, 4) is 0 Å². The Kier molecular flexibility index (Phi) is 1.70. The average Bonchev–Trinajstić information content (AvgIpc) is 2.81. The van der Waals surface area contributed by atoms with E-state index in [0.717, 1.165) is 21.5 Å². The molecule has 0 amide bonds. The molecule has 0 radical (unpaired) electrons. The summed E-state index contributed by atoms with van der Waals surface area (Å²) in [5.74, 6) is 0.0894. The van der Waals surface area contributed by atoms with Crippen LogP contribution < -0.4 is 10.7 Å². The molecule has 0 fully saturated rings. The lowest BCUT2D eigenvalue weighted by Gasteiger charge is -2.03. The molecule has 3 nitrogen and oxygen atoms in total.